The van der Waals surface area contributed by atoms with Crippen molar-refractivity contribution in [2.45, 2.75) is 45.0 Å². The van der Waals surface area contributed by atoms with Crippen LogP contribution in [0.5, 0.6) is 0 Å². The zero-order valence-corrected chi connectivity index (χ0v) is 19.1. The smallest absolute Gasteiger partial charge is 0.420 e. The van der Waals surface area contributed by atoms with E-state index < -0.39 is 35.6 Å². The normalized spacial score (nSPS) is 16.3. The number of nitrogens with zero attached hydrogens (tertiary/aromatic N) is 3. The molecule has 1 fully saturated rings. The van der Waals surface area contributed by atoms with Gasteiger partial charge in [-0.25, -0.2) is 9.59 Å². The zero-order chi connectivity index (χ0) is 25.4. The number of rotatable bonds is 4. The van der Waals surface area contributed by atoms with Gasteiger partial charge in [-0.3, -0.25) is 0 Å². The van der Waals surface area contributed by atoms with Crippen molar-refractivity contribution in [2.24, 2.45) is 0 Å². The van der Waals surface area contributed by atoms with E-state index in [9.17, 15) is 22.8 Å². The molecule has 0 bridgehead atoms. The van der Waals surface area contributed by atoms with Gasteiger partial charge in [0.2, 0.25) is 11.8 Å². The van der Waals surface area contributed by atoms with Gasteiger partial charge in [0.15, 0.2) is 6.04 Å². The van der Waals surface area contributed by atoms with E-state index >= 15 is 0 Å². The Labute approximate surface area is 198 Å². The van der Waals surface area contributed by atoms with Crippen LogP contribution >= 0.6 is 0 Å². The monoisotopic (exact) mass is 489 g/mol. The van der Waals surface area contributed by atoms with Crippen LogP contribution in [0.4, 0.5) is 22.8 Å². The van der Waals surface area contributed by atoms with E-state index in [2.05, 4.69) is 10.2 Å². The number of carbonyl (C=O) groups excluding carboxylic acids is 2. The molecule has 2 heterocycles. The van der Waals surface area contributed by atoms with Crippen molar-refractivity contribution in [3.63, 3.8) is 0 Å². The summed E-state index contributed by atoms with van der Waals surface area (Å²) >= 11 is 0. The summed E-state index contributed by atoms with van der Waals surface area (Å²) in [7, 11) is 0. The predicted octanol–water partition coefficient (Wildman–Crippen LogP) is 5.77. The maximum atomic E-state index is 12.9. The van der Waals surface area contributed by atoms with Crippen molar-refractivity contribution in [3.05, 3.63) is 71.1 Å². The van der Waals surface area contributed by atoms with Crippen LogP contribution in [0.2, 0.25) is 0 Å². The molecule has 184 valence electrons. The largest absolute Gasteiger partial charge is 0.446 e. The van der Waals surface area contributed by atoms with Crippen molar-refractivity contribution in [1.29, 1.82) is 0 Å². The molecule has 0 radical (unpaired) electrons. The molecular formula is C24H22F3N3O5. The summed E-state index contributed by atoms with van der Waals surface area (Å²) in [6.07, 6.45) is -5.87. The van der Waals surface area contributed by atoms with Gasteiger partial charge in [-0.05, 0) is 56.5 Å². The highest BCUT2D eigenvalue weighted by Gasteiger charge is 2.44. The van der Waals surface area contributed by atoms with Gasteiger partial charge >= 0.3 is 18.4 Å². The van der Waals surface area contributed by atoms with Crippen molar-refractivity contribution in [1.82, 2.24) is 15.1 Å². The first-order valence-corrected chi connectivity index (χ1v) is 10.7. The quantitative estimate of drug-likeness (QED) is 0.459. The first-order valence-electron chi connectivity index (χ1n) is 10.7. The van der Waals surface area contributed by atoms with E-state index in [4.69, 9.17) is 13.9 Å². The molecule has 0 N–H and O–H groups in total. The third kappa shape index (κ3) is 5.44. The number of amides is 2. The van der Waals surface area contributed by atoms with Gasteiger partial charge in [0.1, 0.15) is 12.2 Å². The van der Waals surface area contributed by atoms with Crippen LogP contribution in [0.3, 0.4) is 0 Å². The molecule has 0 saturated carbocycles. The second kappa shape index (κ2) is 9.05. The fourth-order valence-electron chi connectivity index (χ4n) is 3.51. The number of alkyl halides is 3. The Morgan fingerprint density at radius 3 is 2.43 bits per heavy atom. The highest BCUT2D eigenvalue weighted by molar-refractivity contribution is 5.89. The molecule has 4 rings (SSSR count). The minimum atomic E-state index is -4.41. The molecule has 1 aliphatic rings. The number of halogens is 3. The molecule has 11 heteroatoms. The summed E-state index contributed by atoms with van der Waals surface area (Å²) in [4.78, 5) is 25.5. The minimum Gasteiger partial charge on any atom is -0.446 e. The van der Waals surface area contributed by atoms with E-state index in [0.29, 0.717) is 17.5 Å². The summed E-state index contributed by atoms with van der Waals surface area (Å²) < 4.78 is 54.6. The second-order valence-electron chi connectivity index (χ2n) is 8.92. The van der Waals surface area contributed by atoms with E-state index in [1.165, 1.54) is 12.1 Å². The average Bonchev–Trinajstić information content (AvgIpc) is 3.39. The van der Waals surface area contributed by atoms with Crippen molar-refractivity contribution >= 4 is 12.2 Å². The third-order valence-electron chi connectivity index (χ3n) is 5.11. The van der Waals surface area contributed by atoms with E-state index in [-0.39, 0.29) is 18.4 Å². The van der Waals surface area contributed by atoms with E-state index in [0.717, 1.165) is 22.6 Å². The second-order valence-corrected chi connectivity index (χ2v) is 8.92. The maximum absolute atomic E-state index is 12.9. The lowest BCUT2D eigenvalue weighted by Crippen LogP contribution is -2.39. The molecule has 1 aliphatic heterocycles. The molecule has 1 aromatic heterocycles. The number of hydrogen-bond acceptors (Lipinski definition) is 7. The third-order valence-corrected chi connectivity index (χ3v) is 5.11. The number of carbonyl (C=O) groups is 2. The van der Waals surface area contributed by atoms with Gasteiger partial charge in [-0.2, -0.15) is 18.1 Å². The first kappa shape index (κ1) is 24.2. The first-order chi connectivity index (χ1) is 16.4. The lowest BCUT2D eigenvalue weighted by Gasteiger charge is -2.24. The number of benzene rings is 2. The summed E-state index contributed by atoms with van der Waals surface area (Å²) in [5, 5.41) is 8.06. The Kier molecular flexibility index (Phi) is 6.27. The lowest BCUT2D eigenvalue weighted by atomic mass is 9.99. The average molecular weight is 489 g/mol. The van der Waals surface area contributed by atoms with Crippen LogP contribution < -0.4 is 0 Å². The highest BCUT2D eigenvalue weighted by Crippen LogP contribution is 2.33. The molecule has 1 unspecified atom stereocenters. The Morgan fingerprint density at radius 1 is 1.09 bits per heavy atom. The van der Waals surface area contributed by atoms with Crippen LogP contribution in [-0.2, 0) is 22.1 Å². The van der Waals surface area contributed by atoms with Gasteiger partial charge in [-0.1, -0.05) is 30.3 Å². The molecule has 2 aromatic carbocycles. The summed E-state index contributed by atoms with van der Waals surface area (Å²) in [6.45, 7) is 4.83. The Hall–Kier alpha value is -3.89. The number of ether oxygens (including phenoxy) is 2. The standard InChI is InChI=1S/C24H22F3N3O5/c1-23(2,3)35-22(32)30-18(13-33-21(30)31)20-29-28-19(34-20)17-7-5-4-6-15(17)12-14-8-10-16(11-9-14)24(25,26)27/h4-11,18H,12-13H2,1-3H3. The fraction of sp³-hybridized carbons (Fsp3) is 0.333. The topological polar surface area (TPSA) is 94.8 Å². The molecule has 8 nitrogen and oxygen atoms in total. The Bertz CT molecular complexity index is 1230. The molecule has 2 amide bonds. The molecular weight excluding hydrogens is 467 g/mol. The fourth-order valence-corrected chi connectivity index (χ4v) is 3.51. The predicted molar refractivity (Wildman–Crippen MR) is 116 cm³/mol. The van der Waals surface area contributed by atoms with Crippen LogP contribution in [0, 0.1) is 0 Å². The van der Waals surface area contributed by atoms with Crippen LogP contribution in [-0.4, -0.2) is 39.5 Å². The summed E-state index contributed by atoms with van der Waals surface area (Å²) in [5.74, 6) is 0.118. The SMILES string of the molecule is CC(C)(C)OC(=O)N1C(=O)OCC1c1nnc(-c2ccccc2Cc2ccc(C(F)(F)F)cc2)o1. The van der Waals surface area contributed by atoms with Gasteiger partial charge in [0, 0.05) is 5.56 Å². The van der Waals surface area contributed by atoms with Gasteiger partial charge < -0.3 is 13.9 Å². The Balaban J connectivity index is 1.57. The lowest BCUT2D eigenvalue weighted by molar-refractivity contribution is -0.137. The molecule has 0 aliphatic carbocycles. The summed E-state index contributed by atoms with van der Waals surface area (Å²) in [5.41, 5.74) is 0.419. The molecule has 3 aromatic rings. The van der Waals surface area contributed by atoms with Gasteiger partial charge in [0.25, 0.3) is 0 Å². The number of cyclic esters (lactones) is 1. The van der Waals surface area contributed by atoms with Crippen molar-refractivity contribution in [2.75, 3.05) is 6.61 Å². The van der Waals surface area contributed by atoms with Gasteiger partial charge in [0.05, 0.1) is 5.56 Å². The number of imide groups is 1. The molecule has 1 atom stereocenters. The van der Waals surface area contributed by atoms with Crippen LogP contribution in [0.15, 0.2) is 52.9 Å². The highest BCUT2D eigenvalue weighted by atomic mass is 19.4. The number of aromatic nitrogens is 2. The van der Waals surface area contributed by atoms with Gasteiger partial charge in [-0.15, -0.1) is 10.2 Å². The Morgan fingerprint density at radius 2 is 1.77 bits per heavy atom. The maximum Gasteiger partial charge on any atom is 0.420 e. The molecule has 35 heavy (non-hydrogen) atoms. The van der Waals surface area contributed by atoms with Crippen molar-refractivity contribution in [3.8, 4) is 11.5 Å². The minimum absolute atomic E-state index is 0.0129. The van der Waals surface area contributed by atoms with Crippen LogP contribution in [0.1, 0.15) is 49.4 Å². The molecule has 1 saturated heterocycles. The number of hydrogen-bond donors (Lipinski definition) is 0. The van der Waals surface area contributed by atoms with E-state index in [1.54, 1.807) is 45.0 Å². The van der Waals surface area contributed by atoms with E-state index in [1.807, 2.05) is 0 Å². The van der Waals surface area contributed by atoms with Crippen LogP contribution in [0.25, 0.3) is 11.5 Å². The van der Waals surface area contributed by atoms with Crippen molar-refractivity contribution < 1.29 is 36.7 Å². The zero-order valence-electron chi connectivity index (χ0n) is 19.1. The molecule has 0 spiro atoms. The summed E-state index contributed by atoms with van der Waals surface area (Å²) in [6, 6.07) is 11.0.